The van der Waals surface area contributed by atoms with E-state index in [0.29, 0.717) is 23.4 Å². The van der Waals surface area contributed by atoms with Crippen molar-refractivity contribution in [3.8, 4) is 5.75 Å². The maximum Gasteiger partial charge on any atom is 0.229 e. The number of hydrogen-bond acceptors (Lipinski definition) is 6. The van der Waals surface area contributed by atoms with Gasteiger partial charge in [-0.05, 0) is 42.3 Å². The number of aliphatic hydroxyl groups is 1. The van der Waals surface area contributed by atoms with Gasteiger partial charge in [-0.3, -0.25) is 9.52 Å². The van der Waals surface area contributed by atoms with E-state index < -0.39 is 28.3 Å². The molecule has 0 saturated carbocycles. The number of fused-ring (bicyclic) bond motifs is 3. The van der Waals surface area contributed by atoms with Gasteiger partial charge in [0.2, 0.25) is 15.9 Å². The summed E-state index contributed by atoms with van der Waals surface area (Å²) in [6.07, 6.45) is 0.134. The molecule has 4 atom stereocenters. The van der Waals surface area contributed by atoms with Crippen molar-refractivity contribution in [1.82, 2.24) is 5.32 Å². The normalized spacial score (nSPS) is 24.2. The second-order valence-electron chi connectivity index (χ2n) is 8.14. The number of rotatable bonds is 7. The Hall–Kier alpha value is -2.69. The van der Waals surface area contributed by atoms with E-state index in [0.717, 1.165) is 11.8 Å². The second-order valence-corrected chi connectivity index (χ2v) is 9.89. The molecule has 0 radical (unpaired) electrons. The standard InChI is InChI=1S/C22H25FN2O6S/c1-32(28,29)25-15-5-6-19-17(8-15)18-9-16(30-20(12-26)22(18)31-19)10-21(27)24-11-13-3-2-4-14(23)7-13/h2-8,16,18,20,22,25-26H,9-12H2,1H3,(H,24,27)/t16-,18-,20+,22+/m0/s1. The van der Waals surface area contributed by atoms with Gasteiger partial charge in [0, 0.05) is 23.7 Å². The van der Waals surface area contributed by atoms with Crippen molar-refractivity contribution >= 4 is 21.6 Å². The molecule has 2 heterocycles. The Bertz CT molecular complexity index is 1110. The molecule has 2 aromatic carbocycles. The van der Waals surface area contributed by atoms with Gasteiger partial charge in [0.15, 0.2) is 0 Å². The Labute approximate surface area is 185 Å². The summed E-state index contributed by atoms with van der Waals surface area (Å²) in [6, 6.07) is 11.0. The van der Waals surface area contributed by atoms with Crippen LogP contribution in [0.1, 0.15) is 29.9 Å². The van der Waals surface area contributed by atoms with Crippen molar-refractivity contribution in [1.29, 1.82) is 0 Å². The fourth-order valence-corrected chi connectivity index (χ4v) is 4.85. The van der Waals surface area contributed by atoms with Crippen molar-refractivity contribution in [3.05, 3.63) is 59.4 Å². The summed E-state index contributed by atoms with van der Waals surface area (Å²) in [5, 5.41) is 12.6. The van der Waals surface area contributed by atoms with Crippen LogP contribution in [0.4, 0.5) is 10.1 Å². The second kappa shape index (κ2) is 9.05. The van der Waals surface area contributed by atoms with Gasteiger partial charge in [-0.1, -0.05) is 12.1 Å². The highest BCUT2D eigenvalue weighted by molar-refractivity contribution is 7.92. The van der Waals surface area contributed by atoms with Gasteiger partial charge >= 0.3 is 0 Å². The Kier molecular flexibility index (Phi) is 6.36. The molecule has 4 rings (SSSR count). The van der Waals surface area contributed by atoms with E-state index in [2.05, 4.69) is 10.0 Å². The highest BCUT2D eigenvalue weighted by atomic mass is 32.2. The van der Waals surface area contributed by atoms with Gasteiger partial charge < -0.3 is 19.9 Å². The molecule has 0 unspecified atom stereocenters. The lowest BCUT2D eigenvalue weighted by Crippen LogP contribution is -2.47. The number of nitrogens with one attached hydrogen (secondary N) is 2. The van der Waals surface area contributed by atoms with Crippen molar-refractivity contribution in [3.63, 3.8) is 0 Å². The first-order valence-corrected chi connectivity index (χ1v) is 12.2. The first kappa shape index (κ1) is 22.5. The van der Waals surface area contributed by atoms with Crippen molar-refractivity contribution in [2.75, 3.05) is 17.6 Å². The summed E-state index contributed by atoms with van der Waals surface area (Å²) in [5.41, 5.74) is 1.89. The van der Waals surface area contributed by atoms with Crippen LogP contribution in [-0.4, -0.2) is 50.6 Å². The molecule has 1 amide bonds. The number of sulfonamides is 1. The number of carbonyl (C=O) groups is 1. The molecule has 10 heteroatoms. The molecule has 0 aliphatic carbocycles. The van der Waals surface area contributed by atoms with E-state index in [1.807, 2.05) is 0 Å². The molecule has 1 fully saturated rings. The van der Waals surface area contributed by atoms with Crippen molar-refractivity contribution in [2.45, 2.75) is 43.6 Å². The van der Waals surface area contributed by atoms with Crippen molar-refractivity contribution < 1.29 is 32.2 Å². The molecular weight excluding hydrogens is 439 g/mol. The van der Waals surface area contributed by atoms with Crippen LogP contribution in [0, 0.1) is 5.82 Å². The first-order valence-electron chi connectivity index (χ1n) is 10.3. The van der Waals surface area contributed by atoms with Gasteiger partial charge in [0.05, 0.1) is 25.4 Å². The molecule has 0 spiro atoms. The van der Waals surface area contributed by atoms with Crippen LogP contribution >= 0.6 is 0 Å². The third kappa shape index (κ3) is 5.20. The van der Waals surface area contributed by atoms with Crippen LogP contribution in [-0.2, 0) is 26.1 Å². The lowest BCUT2D eigenvalue weighted by Gasteiger charge is -2.37. The number of aliphatic hydroxyl groups excluding tert-OH is 1. The largest absolute Gasteiger partial charge is 0.487 e. The van der Waals surface area contributed by atoms with Crippen LogP contribution in [0.15, 0.2) is 42.5 Å². The highest BCUT2D eigenvalue weighted by Crippen LogP contribution is 2.47. The van der Waals surface area contributed by atoms with Crippen LogP contribution in [0.5, 0.6) is 5.75 Å². The number of amides is 1. The number of anilines is 1. The van der Waals surface area contributed by atoms with Crippen molar-refractivity contribution in [2.24, 2.45) is 0 Å². The molecule has 1 saturated heterocycles. The Morgan fingerprint density at radius 1 is 1.25 bits per heavy atom. The number of benzene rings is 2. The van der Waals surface area contributed by atoms with Crippen LogP contribution in [0.25, 0.3) is 0 Å². The molecule has 2 aliphatic rings. The van der Waals surface area contributed by atoms with E-state index in [1.165, 1.54) is 12.1 Å². The van der Waals surface area contributed by atoms with E-state index >= 15 is 0 Å². The fourth-order valence-electron chi connectivity index (χ4n) is 4.29. The van der Waals surface area contributed by atoms with Gasteiger partial charge in [0.1, 0.15) is 23.8 Å². The van der Waals surface area contributed by atoms with Crippen LogP contribution in [0.3, 0.4) is 0 Å². The molecule has 3 N–H and O–H groups in total. The fraction of sp³-hybridized carbons (Fsp3) is 0.409. The van der Waals surface area contributed by atoms with Gasteiger partial charge in [-0.15, -0.1) is 0 Å². The zero-order chi connectivity index (χ0) is 22.9. The third-order valence-corrected chi connectivity index (χ3v) is 6.20. The first-order chi connectivity index (χ1) is 15.2. The summed E-state index contributed by atoms with van der Waals surface area (Å²) in [5.74, 6) is -0.162. The summed E-state index contributed by atoms with van der Waals surface area (Å²) >= 11 is 0. The van der Waals surface area contributed by atoms with Gasteiger partial charge in [-0.2, -0.15) is 0 Å². The van der Waals surface area contributed by atoms with E-state index in [9.17, 15) is 22.7 Å². The van der Waals surface area contributed by atoms with Gasteiger partial charge in [0.25, 0.3) is 0 Å². The van der Waals surface area contributed by atoms with E-state index in [-0.39, 0.29) is 37.2 Å². The quantitative estimate of drug-likeness (QED) is 0.577. The predicted octanol–water partition coefficient (Wildman–Crippen LogP) is 1.90. The minimum Gasteiger partial charge on any atom is -0.487 e. The topological polar surface area (TPSA) is 114 Å². The Balaban J connectivity index is 1.44. The lowest BCUT2D eigenvalue weighted by molar-refractivity contribution is -0.142. The third-order valence-electron chi connectivity index (χ3n) is 5.59. The molecule has 32 heavy (non-hydrogen) atoms. The predicted molar refractivity (Wildman–Crippen MR) is 115 cm³/mol. The summed E-state index contributed by atoms with van der Waals surface area (Å²) in [7, 11) is -3.43. The molecule has 2 aromatic rings. The number of carbonyl (C=O) groups excluding carboxylic acids is 1. The number of hydrogen-bond donors (Lipinski definition) is 3. The highest BCUT2D eigenvalue weighted by Gasteiger charge is 2.46. The van der Waals surface area contributed by atoms with E-state index in [4.69, 9.17) is 9.47 Å². The van der Waals surface area contributed by atoms with Gasteiger partial charge in [-0.25, -0.2) is 12.8 Å². The van der Waals surface area contributed by atoms with Crippen LogP contribution in [0.2, 0.25) is 0 Å². The zero-order valence-electron chi connectivity index (χ0n) is 17.5. The summed E-state index contributed by atoms with van der Waals surface area (Å²) in [6.45, 7) is -0.0731. The lowest BCUT2D eigenvalue weighted by atomic mass is 9.84. The number of halogens is 1. The smallest absolute Gasteiger partial charge is 0.229 e. The minimum atomic E-state index is -3.43. The molecule has 0 aromatic heterocycles. The maximum atomic E-state index is 13.3. The molecule has 8 nitrogen and oxygen atoms in total. The SMILES string of the molecule is CS(=O)(=O)Nc1ccc2c(c1)[C@@H]1C[C@@H](CC(=O)NCc3cccc(F)c3)O[C@H](CO)[C@@H]1O2. The van der Waals surface area contributed by atoms with Crippen LogP contribution < -0.4 is 14.8 Å². The Morgan fingerprint density at radius 3 is 2.78 bits per heavy atom. The maximum absolute atomic E-state index is 13.3. The monoisotopic (exact) mass is 464 g/mol. The molecule has 0 bridgehead atoms. The molecular formula is C22H25FN2O6S. The summed E-state index contributed by atoms with van der Waals surface area (Å²) in [4.78, 5) is 12.5. The average molecular weight is 465 g/mol. The molecule has 172 valence electrons. The Morgan fingerprint density at radius 2 is 2.06 bits per heavy atom. The molecule has 2 aliphatic heterocycles. The summed E-state index contributed by atoms with van der Waals surface area (Å²) < 4.78 is 50.8. The average Bonchev–Trinajstić information content (AvgIpc) is 3.08. The number of ether oxygens (including phenoxy) is 2. The minimum absolute atomic E-state index is 0.0750. The zero-order valence-corrected chi connectivity index (χ0v) is 18.3. The van der Waals surface area contributed by atoms with E-state index in [1.54, 1.807) is 30.3 Å².